The normalized spacial score (nSPS) is 11.2. The summed E-state index contributed by atoms with van der Waals surface area (Å²) in [6.07, 6.45) is 6.38. The lowest BCUT2D eigenvalue weighted by molar-refractivity contribution is -0.687. The van der Waals surface area contributed by atoms with E-state index in [9.17, 15) is 4.79 Å². The lowest BCUT2D eigenvalue weighted by Gasteiger charge is -2.13. The minimum atomic E-state index is -0.110. The van der Waals surface area contributed by atoms with Gasteiger partial charge in [0, 0.05) is 23.6 Å². The first-order valence-electron chi connectivity index (χ1n) is 12.9. The Morgan fingerprint density at radius 2 is 1.60 bits per heavy atom. The monoisotopic (exact) mass is 533 g/mol. The molecule has 0 saturated heterocycles. The standard InChI is InChI=1S/C32H29N4O4/c1-38-26-12-10-25(11-13-26)35-31-24(17-22-7-5-4-6-8-22)19-33-36(31)28-21-34(16-15-27(28)32(35)37)20-23-9-14-29(39-2)30(18-23)40-3/h4-16,18-19,21H,17,20H2,1-3H3/q+1. The molecule has 3 aromatic heterocycles. The molecule has 40 heavy (non-hydrogen) atoms. The maximum Gasteiger partial charge on any atom is 0.266 e. The van der Waals surface area contributed by atoms with E-state index in [-0.39, 0.29) is 5.56 Å². The Kier molecular flexibility index (Phi) is 6.66. The van der Waals surface area contributed by atoms with Crippen molar-refractivity contribution in [3.63, 3.8) is 0 Å². The zero-order chi connectivity index (χ0) is 27.6. The summed E-state index contributed by atoms with van der Waals surface area (Å²) in [5.41, 5.74) is 5.23. The quantitative estimate of drug-likeness (QED) is 0.268. The van der Waals surface area contributed by atoms with Crippen LogP contribution in [0.15, 0.2) is 102 Å². The Balaban J connectivity index is 1.53. The summed E-state index contributed by atoms with van der Waals surface area (Å²) in [7, 11) is 4.87. The molecule has 0 saturated carbocycles. The average molecular weight is 534 g/mol. The van der Waals surface area contributed by atoms with Crippen molar-refractivity contribution in [1.82, 2.24) is 14.2 Å². The van der Waals surface area contributed by atoms with E-state index in [1.54, 1.807) is 25.9 Å². The van der Waals surface area contributed by atoms with Crippen LogP contribution in [-0.2, 0) is 13.0 Å². The third kappa shape index (κ3) is 4.53. The molecule has 0 atom stereocenters. The van der Waals surface area contributed by atoms with Gasteiger partial charge in [-0.1, -0.05) is 30.3 Å². The van der Waals surface area contributed by atoms with Gasteiger partial charge in [0.25, 0.3) is 5.56 Å². The van der Waals surface area contributed by atoms with Gasteiger partial charge < -0.3 is 14.2 Å². The number of nitrogens with zero attached hydrogens (tertiary/aromatic N) is 4. The molecule has 3 aromatic carbocycles. The summed E-state index contributed by atoms with van der Waals surface area (Å²) < 4.78 is 21.9. The molecular formula is C32H29N4O4+. The van der Waals surface area contributed by atoms with Gasteiger partial charge in [-0.15, -0.1) is 0 Å². The van der Waals surface area contributed by atoms with Crippen molar-refractivity contribution in [3.8, 4) is 22.9 Å². The van der Waals surface area contributed by atoms with Crippen molar-refractivity contribution >= 4 is 16.6 Å². The highest BCUT2D eigenvalue weighted by Crippen LogP contribution is 2.28. The average Bonchev–Trinajstić information content (AvgIpc) is 3.41. The van der Waals surface area contributed by atoms with Crippen LogP contribution in [0, 0.1) is 0 Å². The summed E-state index contributed by atoms with van der Waals surface area (Å²) in [6, 6.07) is 25.4. The SMILES string of the molecule is COc1ccc(-n2c(=O)c3cc[n+](Cc4ccc(OC)c(OC)c4)cc3n3ncc(Cc4ccccc4)c23)cc1. The molecule has 0 N–H and O–H groups in total. The molecule has 0 amide bonds. The van der Waals surface area contributed by atoms with E-state index >= 15 is 0 Å². The largest absolute Gasteiger partial charge is 0.497 e. The Morgan fingerprint density at radius 1 is 0.825 bits per heavy atom. The van der Waals surface area contributed by atoms with E-state index in [0.717, 1.165) is 39.3 Å². The second-order valence-corrected chi connectivity index (χ2v) is 9.51. The van der Waals surface area contributed by atoms with Crippen molar-refractivity contribution in [2.45, 2.75) is 13.0 Å². The zero-order valence-corrected chi connectivity index (χ0v) is 22.6. The number of hydrogen-bond donors (Lipinski definition) is 0. The first-order valence-corrected chi connectivity index (χ1v) is 12.9. The molecule has 0 radical (unpaired) electrons. The Labute approximate surface area is 231 Å². The van der Waals surface area contributed by atoms with Crippen LogP contribution < -0.4 is 24.3 Å². The van der Waals surface area contributed by atoms with Crippen LogP contribution in [0.4, 0.5) is 0 Å². The van der Waals surface area contributed by atoms with Gasteiger partial charge in [-0.25, -0.2) is 4.52 Å². The van der Waals surface area contributed by atoms with Crippen molar-refractivity contribution in [2.75, 3.05) is 21.3 Å². The summed E-state index contributed by atoms with van der Waals surface area (Å²) in [6.45, 7) is 0.581. The smallest absolute Gasteiger partial charge is 0.266 e. The molecule has 0 bridgehead atoms. The predicted octanol–water partition coefficient (Wildman–Crippen LogP) is 4.59. The number of aromatic nitrogens is 4. The highest BCUT2D eigenvalue weighted by molar-refractivity contribution is 5.80. The second-order valence-electron chi connectivity index (χ2n) is 9.51. The van der Waals surface area contributed by atoms with Crippen LogP contribution in [-0.4, -0.2) is 35.5 Å². The minimum absolute atomic E-state index is 0.110. The van der Waals surface area contributed by atoms with Crippen molar-refractivity contribution in [2.24, 2.45) is 0 Å². The summed E-state index contributed by atoms with van der Waals surface area (Å²) in [4.78, 5) is 14.1. The topological polar surface area (TPSA) is 70.9 Å². The first-order chi connectivity index (χ1) is 19.6. The molecule has 8 heteroatoms. The van der Waals surface area contributed by atoms with Gasteiger partial charge in [0.1, 0.15) is 16.9 Å². The van der Waals surface area contributed by atoms with Gasteiger partial charge in [-0.05, 0) is 48.0 Å². The van der Waals surface area contributed by atoms with Crippen molar-refractivity contribution in [3.05, 3.63) is 124 Å². The Morgan fingerprint density at radius 3 is 2.33 bits per heavy atom. The molecule has 200 valence electrons. The van der Waals surface area contributed by atoms with Gasteiger partial charge in [0.2, 0.25) is 0 Å². The number of pyridine rings is 1. The van der Waals surface area contributed by atoms with E-state index in [1.807, 2.05) is 94.4 Å². The molecule has 6 rings (SSSR count). The van der Waals surface area contributed by atoms with Gasteiger partial charge in [0.15, 0.2) is 30.4 Å². The number of fused-ring (bicyclic) bond motifs is 3. The Bertz CT molecular complexity index is 1880. The molecule has 0 unspecified atom stereocenters. The zero-order valence-electron chi connectivity index (χ0n) is 22.6. The maximum atomic E-state index is 14.1. The number of rotatable bonds is 8. The fourth-order valence-corrected chi connectivity index (χ4v) is 5.08. The fraction of sp³-hybridized carbons (Fsp3) is 0.156. The molecule has 0 aliphatic carbocycles. The Hall–Kier alpha value is -5.11. The first kappa shape index (κ1) is 25.2. The van der Waals surface area contributed by atoms with Crippen LogP contribution in [0.1, 0.15) is 16.7 Å². The second kappa shape index (κ2) is 10.6. The van der Waals surface area contributed by atoms with Crippen LogP contribution in [0.3, 0.4) is 0 Å². The van der Waals surface area contributed by atoms with Gasteiger partial charge in [0.05, 0.1) is 38.6 Å². The van der Waals surface area contributed by atoms with Gasteiger partial charge in [-0.3, -0.25) is 9.36 Å². The molecular weight excluding hydrogens is 504 g/mol. The predicted molar refractivity (Wildman–Crippen MR) is 153 cm³/mol. The van der Waals surface area contributed by atoms with Crippen LogP contribution in [0.2, 0.25) is 0 Å². The molecule has 8 nitrogen and oxygen atoms in total. The van der Waals surface area contributed by atoms with Crippen molar-refractivity contribution in [1.29, 1.82) is 0 Å². The highest BCUT2D eigenvalue weighted by atomic mass is 16.5. The third-order valence-corrected chi connectivity index (χ3v) is 7.07. The maximum absolute atomic E-state index is 14.1. The molecule has 0 spiro atoms. The number of benzene rings is 3. The van der Waals surface area contributed by atoms with E-state index in [1.165, 1.54) is 0 Å². The van der Waals surface area contributed by atoms with E-state index in [4.69, 9.17) is 19.3 Å². The van der Waals surface area contributed by atoms with E-state index < -0.39 is 0 Å². The van der Waals surface area contributed by atoms with Crippen LogP contribution in [0.25, 0.3) is 22.2 Å². The lowest BCUT2D eigenvalue weighted by atomic mass is 10.1. The minimum Gasteiger partial charge on any atom is -0.497 e. The molecule has 3 heterocycles. The lowest BCUT2D eigenvalue weighted by Crippen LogP contribution is -2.34. The summed E-state index contributed by atoms with van der Waals surface area (Å²) in [5, 5.41) is 5.36. The van der Waals surface area contributed by atoms with E-state index in [2.05, 4.69) is 12.1 Å². The van der Waals surface area contributed by atoms with Crippen molar-refractivity contribution < 1.29 is 18.8 Å². The number of hydrogen-bond acceptors (Lipinski definition) is 5. The molecule has 0 aliphatic rings. The molecule has 0 fully saturated rings. The number of methoxy groups -OCH3 is 3. The third-order valence-electron chi connectivity index (χ3n) is 7.07. The highest BCUT2D eigenvalue weighted by Gasteiger charge is 2.20. The summed E-state index contributed by atoms with van der Waals surface area (Å²) in [5.74, 6) is 2.07. The van der Waals surface area contributed by atoms with Crippen LogP contribution >= 0.6 is 0 Å². The number of ether oxygens (including phenoxy) is 3. The van der Waals surface area contributed by atoms with Gasteiger partial charge >= 0.3 is 0 Å². The van der Waals surface area contributed by atoms with E-state index in [0.29, 0.717) is 29.9 Å². The molecule has 6 aromatic rings. The fourth-order valence-electron chi connectivity index (χ4n) is 5.08. The summed E-state index contributed by atoms with van der Waals surface area (Å²) >= 11 is 0. The van der Waals surface area contributed by atoms with Gasteiger partial charge in [-0.2, -0.15) is 9.67 Å². The molecule has 0 aliphatic heterocycles. The van der Waals surface area contributed by atoms with Crippen LogP contribution in [0.5, 0.6) is 17.2 Å².